The van der Waals surface area contributed by atoms with E-state index in [0.29, 0.717) is 61.1 Å². The molecule has 1 aliphatic rings. The van der Waals surface area contributed by atoms with Crippen LogP contribution in [-0.4, -0.2) is 14.1 Å². The number of para-hydroxylation sites is 1. The first-order valence-corrected chi connectivity index (χ1v) is 23.0. The van der Waals surface area contributed by atoms with Gasteiger partial charge in [-0.05, 0) is 110 Å². The second-order valence-corrected chi connectivity index (χ2v) is 18.5. The number of ether oxygens (including phenoxy) is 1. The van der Waals surface area contributed by atoms with E-state index in [1.165, 1.54) is 12.3 Å². The number of aryl methyl sites for hydroxylation is 2. The van der Waals surface area contributed by atoms with Gasteiger partial charge in [-0.2, -0.15) is 18.2 Å². The van der Waals surface area contributed by atoms with E-state index in [9.17, 15) is 2.74 Å². The molecule has 0 fully saturated rings. The van der Waals surface area contributed by atoms with E-state index in [1.54, 1.807) is 51.6 Å². The summed E-state index contributed by atoms with van der Waals surface area (Å²) in [4.78, 5) is 4.70. The van der Waals surface area contributed by atoms with Crippen LogP contribution in [0.25, 0.3) is 106 Å². The molecule has 6 heteroatoms. The standard InChI is InChI=1S/C66H48N4O.Pt/c1-42-33-56-52-27-14-12-25-50(52)51-26-13-15-28-53(51)57-36-46(44-19-8-6-9-20-44)37-62-65(57)69(64(56)59(34-42)66(3,4)5)41-68(62)47-23-18-24-48(38-47)71-49-31-32-55-54-29-16-17-30-60(54)70(61(55)39-49)63-35-43(2)58(40-67-63)45-21-10-7-11-22-45;/h6-37,40H,1-5H3;/q-2;/i1D3,2D3,6D,7D,8D,9D,10D,11D,19D,20D,21D,22D;. The fourth-order valence-electron chi connectivity index (χ4n) is 9.94. The van der Waals surface area contributed by atoms with Crippen LogP contribution in [0.3, 0.4) is 0 Å². The van der Waals surface area contributed by atoms with E-state index >= 15 is 0 Å². The Morgan fingerprint density at radius 1 is 0.583 bits per heavy atom. The molecule has 1 aliphatic heterocycles. The summed E-state index contributed by atoms with van der Waals surface area (Å²) in [6.07, 6.45) is 4.89. The third-order valence-corrected chi connectivity index (χ3v) is 13.1. The maximum atomic E-state index is 9.23. The van der Waals surface area contributed by atoms with Crippen molar-refractivity contribution in [2.75, 3.05) is 0 Å². The molecule has 12 aromatic rings. The first-order chi connectivity index (χ1) is 41.2. The van der Waals surface area contributed by atoms with Crippen molar-refractivity contribution in [1.82, 2.24) is 14.1 Å². The number of imidazole rings is 1. The first kappa shape index (κ1) is 30.6. The van der Waals surface area contributed by atoms with Crippen molar-refractivity contribution in [3.8, 4) is 84.3 Å². The Bertz CT molecular complexity index is 4890. The Labute approximate surface area is 457 Å². The van der Waals surface area contributed by atoms with Crippen molar-refractivity contribution in [1.29, 1.82) is 0 Å². The van der Waals surface area contributed by atoms with Gasteiger partial charge >= 0.3 is 0 Å². The first-order valence-electron chi connectivity index (χ1n) is 31.0. The Hall–Kier alpha value is -8.11. The molecule has 3 aromatic heterocycles. The monoisotopic (exact) mass is 1120 g/mol. The summed E-state index contributed by atoms with van der Waals surface area (Å²) in [5, 5.41) is 1.49. The van der Waals surface area contributed by atoms with Crippen LogP contribution >= 0.6 is 0 Å². The zero-order chi connectivity index (χ0) is 61.7. The maximum absolute atomic E-state index is 9.23. The minimum Gasteiger partial charge on any atom is -0.510 e. The SMILES string of the molecule is [2H]c1c([2H])c([2H])c(-c2cc3c4c(c2)n(-c2[c-]c(Oc5[c-]c6c(cc5)c5ccccc5n6-c5cc(C([2H])([2H])[2H])c(-c6c([2H])c([2H])c([2H])c([2H])c6[2H])cn5)ccc2)[c-][n+]4-c2c(cc(C([2H])([2H])[2H])cc2C(C)(C)C)-c2ccccc2-c2ccccc2-3)c([2H])c1[2H].[Pt]. The number of benzene rings is 9. The molecule has 9 aromatic carbocycles. The smallest absolute Gasteiger partial charge is 0.268 e. The number of fused-ring (bicyclic) bond motifs is 10. The van der Waals surface area contributed by atoms with Crippen LogP contribution in [0, 0.1) is 32.2 Å². The van der Waals surface area contributed by atoms with Crippen LogP contribution in [0.15, 0.2) is 200 Å². The number of hydrogen-bond donors (Lipinski definition) is 0. The van der Waals surface area contributed by atoms with Gasteiger partial charge < -0.3 is 13.9 Å². The Balaban J connectivity index is 0.00000754. The second-order valence-electron chi connectivity index (χ2n) is 18.5. The normalized spacial score (nSPS) is 15.4. The summed E-state index contributed by atoms with van der Waals surface area (Å²) < 4.78 is 151. The second kappa shape index (κ2) is 17.6. The zero-order valence-electron chi connectivity index (χ0n) is 54.8. The summed E-state index contributed by atoms with van der Waals surface area (Å²) in [7, 11) is 0. The Morgan fingerprint density at radius 3 is 1.99 bits per heavy atom. The molecule has 13 rings (SSSR count). The summed E-state index contributed by atoms with van der Waals surface area (Å²) in [5.41, 5.74) is 7.32. The van der Waals surface area contributed by atoms with E-state index < -0.39 is 79.5 Å². The molecular formula is C66H48N4OPt-2. The molecule has 0 atom stereocenters. The van der Waals surface area contributed by atoms with Gasteiger partial charge in [0, 0.05) is 58.1 Å². The molecule has 350 valence electrons. The molecule has 0 saturated carbocycles. The van der Waals surface area contributed by atoms with Crippen molar-refractivity contribution in [2.24, 2.45) is 0 Å². The molecular weight excluding hydrogens is 1060 g/mol. The number of hydrogen-bond acceptors (Lipinski definition) is 2. The average Bonchev–Trinajstić information content (AvgIpc) is 1.53. The summed E-state index contributed by atoms with van der Waals surface area (Å²) in [5.74, 6) is 0.589. The quantitative estimate of drug-likeness (QED) is 0.123. The minimum absolute atomic E-state index is 0. The minimum atomic E-state index is -2.83. The van der Waals surface area contributed by atoms with E-state index in [1.807, 2.05) is 110 Å². The topological polar surface area (TPSA) is 35.9 Å². The molecule has 0 N–H and O–H groups in total. The number of rotatable bonds is 6. The van der Waals surface area contributed by atoms with Gasteiger partial charge in [-0.1, -0.05) is 177 Å². The molecule has 0 radical (unpaired) electrons. The van der Waals surface area contributed by atoms with Gasteiger partial charge in [0.25, 0.3) is 6.33 Å². The van der Waals surface area contributed by atoms with E-state index in [0.717, 1.165) is 27.6 Å². The predicted octanol–water partition coefficient (Wildman–Crippen LogP) is 16.2. The molecule has 0 saturated heterocycles. The van der Waals surface area contributed by atoms with Crippen molar-refractivity contribution in [3.05, 3.63) is 235 Å². The van der Waals surface area contributed by atoms with Crippen LogP contribution < -0.4 is 9.30 Å². The van der Waals surface area contributed by atoms with E-state index in [2.05, 4.69) is 18.5 Å². The van der Waals surface area contributed by atoms with Gasteiger partial charge in [-0.15, -0.1) is 29.7 Å². The molecule has 0 spiro atoms. The van der Waals surface area contributed by atoms with Crippen molar-refractivity contribution >= 4 is 32.8 Å². The van der Waals surface area contributed by atoms with Crippen LogP contribution in [0.2, 0.25) is 0 Å². The molecule has 72 heavy (non-hydrogen) atoms. The van der Waals surface area contributed by atoms with E-state index in [4.69, 9.17) is 28.9 Å². The maximum Gasteiger partial charge on any atom is 0.268 e. The molecule has 0 unspecified atom stereocenters. The molecule has 4 heterocycles. The Kier molecular flexibility index (Phi) is 7.49. The summed E-state index contributed by atoms with van der Waals surface area (Å²) in [6, 6.07) is 41.8. The summed E-state index contributed by atoms with van der Waals surface area (Å²) >= 11 is 0. The van der Waals surface area contributed by atoms with Crippen molar-refractivity contribution < 1.29 is 52.3 Å². The van der Waals surface area contributed by atoms with Crippen LogP contribution in [0.1, 0.15) is 59.4 Å². The van der Waals surface area contributed by atoms with Gasteiger partial charge in [0.1, 0.15) is 5.82 Å². The molecule has 0 amide bonds. The molecule has 0 aliphatic carbocycles. The van der Waals surface area contributed by atoms with Crippen molar-refractivity contribution in [3.63, 3.8) is 0 Å². The number of nitrogens with zero attached hydrogens (tertiary/aromatic N) is 4. The number of aromatic nitrogens is 4. The fourth-order valence-corrected chi connectivity index (χ4v) is 9.94. The van der Waals surface area contributed by atoms with Crippen molar-refractivity contribution in [2.45, 2.75) is 39.9 Å². The summed E-state index contributed by atoms with van der Waals surface area (Å²) in [6.45, 7) is 0.743. The number of pyridine rings is 1. The van der Waals surface area contributed by atoms with Gasteiger partial charge in [0.15, 0.2) is 0 Å². The molecule has 0 bridgehead atoms. The van der Waals surface area contributed by atoms with Gasteiger partial charge in [0.05, 0.1) is 30.4 Å². The third kappa shape index (κ3) is 7.50. The fraction of sp³-hybridized carbons (Fsp3) is 0.0909. The van der Waals surface area contributed by atoms with Crippen LogP contribution in [0.4, 0.5) is 0 Å². The van der Waals surface area contributed by atoms with E-state index in [-0.39, 0.29) is 66.2 Å². The van der Waals surface area contributed by atoms with Gasteiger partial charge in [0.2, 0.25) is 0 Å². The van der Waals surface area contributed by atoms with Crippen LogP contribution in [-0.2, 0) is 26.5 Å². The zero-order valence-corrected chi connectivity index (χ0v) is 41.1. The predicted molar refractivity (Wildman–Crippen MR) is 289 cm³/mol. The third-order valence-electron chi connectivity index (χ3n) is 13.1. The van der Waals surface area contributed by atoms with Gasteiger partial charge in [-0.25, -0.2) is 4.98 Å². The Morgan fingerprint density at radius 2 is 1.26 bits per heavy atom. The largest absolute Gasteiger partial charge is 0.510 e. The molecule has 5 nitrogen and oxygen atoms in total. The van der Waals surface area contributed by atoms with Crippen LogP contribution in [0.5, 0.6) is 11.5 Å². The average molecular weight is 1120 g/mol. The van der Waals surface area contributed by atoms with Gasteiger partial charge in [-0.3, -0.25) is 4.57 Å².